The van der Waals surface area contributed by atoms with Gasteiger partial charge >= 0.3 is 0 Å². The molecule has 0 saturated carbocycles. The van der Waals surface area contributed by atoms with Gasteiger partial charge in [0.1, 0.15) is 0 Å². The number of benzene rings is 1. The van der Waals surface area contributed by atoms with E-state index in [2.05, 4.69) is 0 Å². The Bertz CT molecular complexity index is 355. The van der Waals surface area contributed by atoms with Gasteiger partial charge in [0.2, 0.25) is 0 Å². The highest BCUT2D eigenvalue weighted by Gasteiger charge is 2.22. The summed E-state index contributed by atoms with van der Waals surface area (Å²) in [6, 6.07) is 3.97. The van der Waals surface area contributed by atoms with Crippen molar-refractivity contribution in [2.24, 2.45) is 0 Å². The van der Waals surface area contributed by atoms with E-state index in [1.54, 1.807) is 0 Å². The van der Waals surface area contributed by atoms with Crippen molar-refractivity contribution in [1.82, 2.24) is 0 Å². The predicted molar refractivity (Wildman–Crippen MR) is 48.8 cm³/mol. The van der Waals surface area contributed by atoms with Gasteiger partial charge in [-0.15, -0.1) is 0 Å². The van der Waals surface area contributed by atoms with Crippen LogP contribution in [0.5, 0.6) is 0 Å². The van der Waals surface area contributed by atoms with Crippen molar-refractivity contribution in [3.8, 4) is 0 Å². The highest BCUT2D eigenvalue weighted by Crippen LogP contribution is 2.30. The Morgan fingerprint density at radius 2 is 2.08 bits per heavy atom. The molecule has 12 heavy (non-hydrogen) atoms. The molecule has 0 fully saturated rings. The monoisotopic (exact) mass is 180 g/mol. The number of carbonyl (C=O) groups is 1. The maximum Gasteiger partial charge on any atom is 0.164 e. The zero-order valence-electron chi connectivity index (χ0n) is 6.86. The second-order valence-electron chi connectivity index (χ2n) is 3.15. The molecule has 1 aromatic rings. The zero-order valence-corrected chi connectivity index (χ0v) is 7.61. The molecule has 0 bridgehead atoms. The summed E-state index contributed by atoms with van der Waals surface area (Å²) in [5.74, 6) is 0.193. The molecule has 0 atom stereocenters. The number of aryl methyl sites for hydroxylation is 2. The molecule has 0 saturated heterocycles. The first kappa shape index (κ1) is 7.81. The Balaban J connectivity index is 2.71. The summed E-state index contributed by atoms with van der Waals surface area (Å²) >= 11 is 6.01. The molecule has 1 aliphatic carbocycles. The number of hydrogen-bond acceptors (Lipinski definition) is 1. The summed E-state index contributed by atoms with van der Waals surface area (Å²) in [6.07, 6.45) is 1.48. The summed E-state index contributed by atoms with van der Waals surface area (Å²) in [4.78, 5) is 11.4. The molecular weight excluding hydrogens is 172 g/mol. The average molecular weight is 181 g/mol. The van der Waals surface area contributed by atoms with E-state index < -0.39 is 0 Å². The molecule has 1 aromatic carbocycles. The van der Waals surface area contributed by atoms with Crippen LogP contribution in [0.15, 0.2) is 12.1 Å². The van der Waals surface area contributed by atoms with Crippen molar-refractivity contribution in [3.63, 3.8) is 0 Å². The van der Waals surface area contributed by atoms with Gasteiger partial charge in [-0.25, -0.2) is 0 Å². The molecule has 0 amide bonds. The molecule has 1 nitrogen and oxygen atoms in total. The van der Waals surface area contributed by atoms with Gasteiger partial charge < -0.3 is 0 Å². The van der Waals surface area contributed by atoms with E-state index in [9.17, 15) is 4.79 Å². The van der Waals surface area contributed by atoms with Crippen LogP contribution in [0.1, 0.15) is 27.9 Å². The van der Waals surface area contributed by atoms with Crippen molar-refractivity contribution < 1.29 is 4.79 Å². The van der Waals surface area contributed by atoms with Gasteiger partial charge in [0.15, 0.2) is 5.78 Å². The lowest BCUT2D eigenvalue weighted by molar-refractivity contribution is 0.0994. The van der Waals surface area contributed by atoms with Crippen LogP contribution < -0.4 is 0 Å². The second kappa shape index (κ2) is 2.60. The van der Waals surface area contributed by atoms with Crippen molar-refractivity contribution >= 4 is 17.4 Å². The largest absolute Gasteiger partial charge is 0.294 e. The van der Waals surface area contributed by atoms with Crippen LogP contribution in [0.4, 0.5) is 0 Å². The van der Waals surface area contributed by atoms with Crippen molar-refractivity contribution in [2.75, 3.05) is 0 Å². The van der Waals surface area contributed by atoms with E-state index in [4.69, 9.17) is 11.6 Å². The van der Waals surface area contributed by atoms with Crippen LogP contribution >= 0.6 is 11.6 Å². The van der Waals surface area contributed by atoms with Crippen LogP contribution in [-0.2, 0) is 6.42 Å². The van der Waals surface area contributed by atoms with Crippen LogP contribution in [0.2, 0.25) is 5.02 Å². The Labute approximate surface area is 76.4 Å². The Morgan fingerprint density at radius 3 is 2.83 bits per heavy atom. The van der Waals surface area contributed by atoms with E-state index in [-0.39, 0.29) is 5.78 Å². The first-order valence-corrected chi connectivity index (χ1v) is 4.39. The molecule has 0 heterocycles. The maximum atomic E-state index is 11.4. The Kier molecular flexibility index (Phi) is 1.69. The van der Waals surface area contributed by atoms with E-state index in [0.717, 1.165) is 23.1 Å². The van der Waals surface area contributed by atoms with E-state index >= 15 is 0 Å². The molecule has 1 aliphatic rings. The topological polar surface area (TPSA) is 17.1 Å². The lowest BCUT2D eigenvalue weighted by atomic mass is 10.1. The molecule has 0 radical (unpaired) electrons. The van der Waals surface area contributed by atoms with Gasteiger partial charge in [0, 0.05) is 12.0 Å². The molecular formula is C10H9ClO. The molecule has 2 heteroatoms. The normalized spacial score (nSPS) is 15.0. The Hall–Kier alpha value is -0.820. The number of rotatable bonds is 0. The highest BCUT2D eigenvalue weighted by molar-refractivity contribution is 6.35. The fraction of sp³-hybridized carbons (Fsp3) is 0.300. The Morgan fingerprint density at radius 1 is 1.33 bits per heavy atom. The third kappa shape index (κ3) is 0.969. The van der Waals surface area contributed by atoms with Gasteiger partial charge in [-0.1, -0.05) is 23.7 Å². The van der Waals surface area contributed by atoms with Crippen LogP contribution in [0.25, 0.3) is 0 Å². The number of fused-ring (bicyclic) bond motifs is 1. The van der Waals surface area contributed by atoms with Crippen molar-refractivity contribution in [2.45, 2.75) is 19.8 Å². The molecule has 0 aliphatic heterocycles. The average Bonchev–Trinajstić information content (AvgIpc) is 2.41. The number of carbonyl (C=O) groups excluding carboxylic acids is 1. The molecule has 0 unspecified atom stereocenters. The van der Waals surface area contributed by atoms with Gasteiger partial charge in [0.05, 0.1) is 5.02 Å². The molecule has 0 spiro atoms. The van der Waals surface area contributed by atoms with Crippen LogP contribution in [0, 0.1) is 6.92 Å². The first-order chi connectivity index (χ1) is 5.70. The van der Waals surface area contributed by atoms with Crippen LogP contribution in [-0.4, -0.2) is 5.78 Å². The third-order valence-corrected chi connectivity index (χ3v) is 2.81. The molecule has 2 rings (SSSR count). The number of halogens is 1. The smallest absolute Gasteiger partial charge is 0.164 e. The fourth-order valence-electron chi connectivity index (χ4n) is 1.60. The summed E-state index contributed by atoms with van der Waals surface area (Å²) in [5, 5.41) is 0.648. The third-order valence-electron chi connectivity index (χ3n) is 2.32. The second-order valence-corrected chi connectivity index (χ2v) is 3.53. The number of hydrogen-bond donors (Lipinski definition) is 0. The van der Waals surface area contributed by atoms with Crippen molar-refractivity contribution in [3.05, 3.63) is 33.8 Å². The van der Waals surface area contributed by atoms with Crippen LogP contribution in [0.3, 0.4) is 0 Å². The SMILES string of the molecule is Cc1ccc2c(c1Cl)C(=O)CC2. The first-order valence-electron chi connectivity index (χ1n) is 4.01. The van der Waals surface area contributed by atoms with Crippen molar-refractivity contribution in [1.29, 1.82) is 0 Å². The number of Topliss-reactive ketones (excluding diaryl/α,β-unsaturated/α-hetero) is 1. The predicted octanol–water partition coefficient (Wildman–Crippen LogP) is 2.78. The summed E-state index contributed by atoms with van der Waals surface area (Å²) < 4.78 is 0. The summed E-state index contributed by atoms with van der Waals surface area (Å²) in [5.41, 5.74) is 2.86. The minimum absolute atomic E-state index is 0.193. The highest BCUT2D eigenvalue weighted by atomic mass is 35.5. The van der Waals surface area contributed by atoms with Gasteiger partial charge in [-0.2, -0.15) is 0 Å². The van der Waals surface area contributed by atoms with Gasteiger partial charge in [0.25, 0.3) is 0 Å². The molecule has 0 aromatic heterocycles. The lowest BCUT2D eigenvalue weighted by Gasteiger charge is -2.02. The molecule has 0 N–H and O–H groups in total. The quantitative estimate of drug-likeness (QED) is 0.600. The fourth-order valence-corrected chi connectivity index (χ4v) is 1.89. The van der Waals surface area contributed by atoms with E-state index in [0.29, 0.717) is 11.4 Å². The van der Waals surface area contributed by atoms with E-state index in [1.807, 2.05) is 19.1 Å². The molecule has 62 valence electrons. The number of ketones is 1. The summed E-state index contributed by atoms with van der Waals surface area (Å²) in [7, 11) is 0. The lowest BCUT2D eigenvalue weighted by Crippen LogP contribution is -1.93. The van der Waals surface area contributed by atoms with Gasteiger partial charge in [-0.05, 0) is 24.5 Å². The summed E-state index contributed by atoms with van der Waals surface area (Å²) in [6.45, 7) is 1.92. The minimum atomic E-state index is 0.193. The van der Waals surface area contributed by atoms with E-state index in [1.165, 1.54) is 0 Å². The minimum Gasteiger partial charge on any atom is -0.294 e. The maximum absolute atomic E-state index is 11.4. The standard InChI is InChI=1S/C10H9ClO/c1-6-2-3-7-4-5-8(12)9(7)10(6)11/h2-3H,4-5H2,1H3. The van der Waals surface area contributed by atoms with Gasteiger partial charge in [-0.3, -0.25) is 4.79 Å². The zero-order chi connectivity index (χ0) is 8.72.